The molecule has 0 aliphatic rings. The quantitative estimate of drug-likeness (QED) is 0.794. The van der Waals surface area contributed by atoms with Crippen LogP contribution in [0.5, 0.6) is 0 Å². The van der Waals surface area contributed by atoms with E-state index < -0.39 is 10.0 Å². The van der Waals surface area contributed by atoms with Gasteiger partial charge in [0.25, 0.3) is 15.9 Å². The number of benzene rings is 2. The third kappa shape index (κ3) is 4.52. The molecular formula is C18H21ClN2O3S. The maximum atomic E-state index is 12.5. The summed E-state index contributed by atoms with van der Waals surface area (Å²) in [6, 6.07) is 11.2. The highest BCUT2D eigenvalue weighted by molar-refractivity contribution is 7.92. The zero-order valence-electron chi connectivity index (χ0n) is 14.3. The molecule has 0 aromatic heterocycles. The zero-order chi connectivity index (χ0) is 18.6. The van der Waals surface area contributed by atoms with Gasteiger partial charge in [-0.1, -0.05) is 37.6 Å². The molecule has 0 fully saturated rings. The van der Waals surface area contributed by atoms with E-state index in [2.05, 4.69) is 23.9 Å². The Morgan fingerprint density at radius 2 is 1.80 bits per heavy atom. The van der Waals surface area contributed by atoms with Gasteiger partial charge in [-0.2, -0.15) is 0 Å². The molecule has 0 saturated heterocycles. The minimum absolute atomic E-state index is 0.154. The summed E-state index contributed by atoms with van der Waals surface area (Å²) in [5.41, 5.74) is 1.67. The predicted octanol–water partition coefficient (Wildman–Crippen LogP) is 4.01. The van der Waals surface area contributed by atoms with Gasteiger partial charge < -0.3 is 5.32 Å². The van der Waals surface area contributed by atoms with Gasteiger partial charge >= 0.3 is 0 Å². The summed E-state index contributed by atoms with van der Waals surface area (Å²) >= 11 is 6.10. The molecule has 5 nitrogen and oxygen atoms in total. The molecule has 0 saturated carbocycles. The number of anilines is 1. The molecule has 0 spiro atoms. The Balaban J connectivity index is 2.25. The first-order valence-electron chi connectivity index (χ1n) is 7.93. The number of amides is 1. The van der Waals surface area contributed by atoms with Crippen LogP contribution in [-0.2, 0) is 10.0 Å². The van der Waals surface area contributed by atoms with E-state index in [1.807, 2.05) is 12.1 Å². The Bertz CT molecular complexity index is 864. The van der Waals surface area contributed by atoms with Crippen LogP contribution in [0.3, 0.4) is 0 Å². The van der Waals surface area contributed by atoms with Crippen LogP contribution in [0.25, 0.3) is 0 Å². The van der Waals surface area contributed by atoms with Gasteiger partial charge in [-0.05, 0) is 48.2 Å². The Kier molecular flexibility index (Phi) is 6.08. The molecule has 2 aromatic carbocycles. The van der Waals surface area contributed by atoms with Crippen molar-refractivity contribution in [3.05, 3.63) is 58.6 Å². The van der Waals surface area contributed by atoms with Gasteiger partial charge in [0.1, 0.15) is 0 Å². The van der Waals surface area contributed by atoms with Crippen LogP contribution in [0, 0.1) is 0 Å². The summed E-state index contributed by atoms with van der Waals surface area (Å²) in [6.45, 7) is 4.18. The Morgan fingerprint density at radius 1 is 1.16 bits per heavy atom. The average molecular weight is 381 g/mol. The maximum Gasteiger partial charge on any atom is 0.261 e. The van der Waals surface area contributed by atoms with Crippen LogP contribution < -0.4 is 10.0 Å². The van der Waals surface area contributed by atoms with Gasteiger partial charge in [0.2, 0.25) is 0 Å². The Hall–Kier alpha value is -2.05. The monoisotopic (exact) mass is 380 g/mol. The Labute approximate surface area is 153 Å². The number of hydrogen-bond donors (Lipinski definition) is 2. The van der Waals surface area contributed by atoms with E-state index in [0.717, 1.165) is 12.0 Å². The van der Waals surface area contributed by atoms with Crippen molar-refractivity contribution in [2.75, 3.05) is 11.8 Å². The number of carbonyl (C=O) groups is 1. The largest absolute Gasteiger partial charge is 0.355 e. The number of nitrogens with one attached hydrogen (secondary N) is 2. The van der Waals surface area contributed by atoms with E-state index in [9.17, 15) is 13.2 Å². The molecule has 0 aliphatic carbocycles. The minimum atomic E-state index is -3.76. The SMILES string of the molecule is CC[C@H](C)c1ccc(S(=O)(=O)Nc2ccc(C(=O)NC)cc2Cl)cc1. The molecule has 0 unspecified atom stereocenters. The molecule has 0 bridgehead atoms. The molecule has 25 heavy (non-hydrogen) atoms. The second kappa shape index (κ2) is 7.89. The van der Waals surface area contributed by atoms with Crippen molar-refractivity contribution in [3.63, 3.8) is 0 Å². The fraction of sp³-hybridized carbons (Fsp3) is 0.278. The molecular weight excluding hydrogens is 360 g/mol. The third-order valence-corrected chi connectivity index (χ3v) is 5.77. The lowest BCUT2D eigenvalue weighted by Gasteiger charge is -2.12. The summed E-state index contributed by atoms with van der Waals surface area (Å²) in [6.07, 6.45) is 0.984. The summed E-state index contributed by atoms with van der Waals surface area (Å²) in [4.78, 5) is 11.7. The summed E-state index contributed by atoms with van der Waals surface area (Å²) in [5, 5.41) is 2.64. The van der Waals surface area contributed by atoms with E-state index in [1.54, 1.807) is 12.1 Å². The maximum absolute atomic E-state index is 12.5. The molecule has 0 heterocycles. The molecule has 2 N–H and O–H groups in total. The van der Waals surface area contributed by atoms with Crippen molar-refractivity contribution in [1.29, 1.82) is 0 Å². The highest BCUT2D eigenvalue weighted by atomic mass is 35.5. The second-order valence-corrected chi connectivity index (χ2v) is 7.85. The molecule has 134 valence electrons. The summed E-state index contributed by atoms with van der Waals surface area (Å²) in [7, 11) is -2.25. The van der Waals surface area contributed by atoms with Crippen LogP contribution in [0.4, 0.5) is 5.69 Å². The lowest BCUT2D eigenvalue weighted by Crippen LogP contribution is -2.18. The van der Waals surface area contributed by atoms with Crippen molar-refractivity contribution < 1.29 is 13.2 Å². The smallest absolute Gasteiger partial charge is 0.261 e. The molecule has 0 aliphatic heterocycles. The number of sulfonamides is 1. The first-order chi connectivity index (χ1) is 11.8. The van der Waals surface area contributed by atoms with E-state index in [4.69, 9.17) is 11.6 Å². The predicted molar refractivity (Wildman–Crippen MR) is 101 cm³/mol. The van der Waals surface area contributed by atoms with E-state index in [0.29, 0.717) is 11.5 Å². The van der Waals surface area contributed by atoms with Crippen LogP contribution in [0.1, 0.15) is 42.1 Å². The molecule has 7 heteroatoms. The van der Waals surface area contributed by atoms with Crippen LogP contribution in [0.15, 0.2) is 47.4 Å². The highest BCUT2D eigenvalue weighted by Gasteiger charge is 2.17. The van der Waals surface area contributed by atoms with E-state index in [-0.39, 0.29) is 21.5 Å². The fourth-order valence-electron chi connectivity index (χ4n) is 2.30. The van der Waals surface area contributed by atoms with Crippen molar-refractivity contribution in [2.24, 2.45) is 0 Å². The third-order valence-electron chi connectivity index (χ3n) is 4.07. The zero-order valence-corrected chi connectivity index (χ0v) is 15.9. The molecule has 2 rings (SSSR count). The number of halogens is 1. The highest BCUT2D eigenvalue weighted by Crippen LogP contribution is 2.27. The van der Waals surface area contributed by atoms with Gasteiger partial charge in [0.05, 0.1) is 15.6 Å². The number of carbonyl (C=O) groups excluding carboxylic acids is 1. The first-order valence-corrected chi connectivity index (χ1v) is 9.79. The Morgan fingerprint density at radius 3 is 2.32 bits per heavy atom. The van der Waals surface area contributed by atoms with Crippen molar-refractivity contribution in [3.8, 4) is 0 Å². The van der Waals surface area contributed by atoms with Gasteiger partial charge in [-0.15, -0.1) is 0 Å². The van der Waals surface area contributed by atoms with Gasteiger partial charge in [0, 0.05) is 12.6 Å². The van der Waals surface area contributed by atoms with Crippen LogP contribution >= 0.6 is 11.6 Å². The molecule has 2 aromatic rings. The normalized spacial score (nSPS) is 12.5. The van der Waals surface area contributed by atoms with Crippen molar-refractivity contribution in [1.82, 2.24) is 5.32 Å². The second-order valence-electron chi connectivity index (χ2n) is 5.76. The van der Waals surface area contributed by atoms with Crippen LogP contribution in [0.2, 0.25) is 5.02 Å². The van der Waals surface area contributed by atoms with Gasteiger partial charge in [0.15, 0.2) is 0 Å². The van der Waals surface area contributed by atoms with Crippen molar-refractivity contribution in [2.45, 2.75) is 31.1 Å². The topological polar surface area (TPSA) is 75.3 Å². The lowest BCUT2D eigenvalue weighted by atomic mass is 9.99. The van der Waals surface area contributed by atoms with Gasteiger partial charge in [-0.25, -0.2) is 8.42 Å². The molecule has 0 radical (unpaired) electrons. The average Bonchev–Trinajstić information content (AvgIpc) is 2.62. The first kappa shape index (κ1) is 19.3. The van der Waals surface area contributed by atoms with Gasteiger partial charge in [-0.3, -0.25) is 9.52 Å². The van der Waals surface area contributed by atoms with E-state index >= 15 is 0 Å². The number of rotatable bonds is 6. The van der Waals surface area contributed by atoms with Crippen LogP contribution in [-0.4, -0.2) is 21.4 Å². The van der Waals surface area contributed by atoms with E-state index in [1.165, 1.54) is 25.2 Å². The lowest BCUT2D eigenvalue weighted by molar-refractivity contribution is 0.0963. The summed E-state index contributed by atoms with van der Waals surface area (Å²) in [5.74, 6) is 0.0772. The van der Waals surface area contributed by atoms with Crippen molar-refractivity contribution >= 4 is 33.2 Å². The fourth-order valence-corrected chi connectivity index (χ4v) is 3.66. The number of hydrogen-bond acceptors (Lipinski definition) is 3. The standard InChI is InChI=1S/C18H21ClN2O3S/c1-4-12(2)13-5-8-15(9-6-13)25(23,24)21-17-10-7-14(11-16(17)19)18(22)20-3/h5-12,21H,4H2,1-3H3,(H,20,22)/t12-/m0/s1. The minimum Gasteiger partial charge on any atom is -0.355 e. The molecule has 1 amide bonds. The molecule has 1 atom stereocenters. The summed E-state index contributed by atoms with van der Waals surface area (Å²) < 4.78 is 27.5.